The number of carbonyl (C=O) groups excluding carboxylic acids is 1. The van der Waals surface area contributed by atoms with E-state index in [9.17, 15) is 4.79 Å². The fourth-order valence-electron chi connectivity index (χ4n) is 4.43. The Bertz CT molecular complexity index is 329. The van der Waals surface area contributed by atoms with E-state index in [0.717, 1.165) is 19.6 Å². The van der Waals surface area contributed by atoms with Crippen molar-refractivity contribution in [3.05, 3.63) is 0 Å². The van der Waals surface area contributed by atoms with Gasteiger partial charge in [-0.15, -0.1) is 0 Å². The van der Waals surface area contributed by atoms with Crippen molar-refractivity contribution >= 4 is 5.91 Å². The number of hydrogen-bond acceptors (Lipinski definition) is 3. The minimum Gasteiger partial charge on any atom is -0.342 e. The fourth-order valence-corrected chi connectivity index (χ4v) is 4.43. The van der Waals surface area contributed by atoms with Crippen LogP contribution < -0.4 is 5.32 Å². The number of rotatable bonds is 6. The van der Waals surface area contributed by atoms with Gasteiger partial charge in [0.1, 0.15) is 0 Å². The van der Waals surface area contributed by atoms with Gasteiger partial charge < -0.3 is 10.2 Å². The molecule has 0 aromatic rings. The maximum atomic E-state index is 12.7. The van der Waals surface area contributed by atoms with Crippen LogP contribution in [0.4, 0.5) is 0 Å². The number of fused-ring (bicyclic) bond motifs is 2. The summed E-state index contributed by atoms with van der Waals surface area (Å²) in [4.78, 5) is 17.2. The number of hydrogen-bond donors (Lipinski definition) is 1. The molecule has 2 aliphatic rings. The summed E-state index contributed by atoms with van der Waals surface area (Å²) in [6, 6.07) is 1.88. The SMILES string of the molecule is CCNC1CC2CCCC(C1)N2C(C)C(=O)N(CC)CC. The second-order valence-corrected chi connectivity index (χ2v) is 6.60. The zero-order valence-corrected chi connectivity index (χ0v) is 14.3. The van der Waals surface area contributed by atoms with Crippen LogP contribution in [-0.2, 0) is 4.79 Å². The molecule has 2 aliphatic heterocycles. The molecule has 0 radical (unpaired) electrons. The number of nitrogens with zero attached hydrogens (tertiary/aromatic N) is 2. The van der Waals surface area contributed by atoms with Crippen molar-refractivity contribution in [3.63, 3.8) is 0 Å². The lowest BCUT2D eigenvalue weighted by Crippen LogP contribution is -2.62. The Morgan fingerprint density at radius 1 is 1.19 bits per heavy atom. The Balaban J connectivity index is 2.07. The summed E-state index contributed by atoms with van der Waals surface area (Å²) < 4.78 is 0. The molecule has 2 saturated heterocycles. The highest BCUT2D eigenvalue weighted by Gasteiger charge is 2.42. The molecular formula is C17H33N3O. The van der Waals surface area contributed by atoms with Crippen LogP contribution in [0.5, 0.6) is 0 Å². The largest absolute Gasteiger partial charge is 0.342 e. The van der Waals surface area contributed by atoms with E-state index in [1.165, 1.54) is 32.1 Å². The molecule has 1 amide bonds. The summed E-state index contributed by atoms with van der Waals surface area (Å²) in [5.41, 5.74) is 0. The van der Waals surface area contributed by atoms with Gasteiger partial charge in [-0.1, -0.05) is 13.3 Å². The summed E-state index contributed by atoms with van der Waals surface area (Å²) in [6.07, 6.45) is 6.26. The molecule has 0 aromatic heterocycles. The molecule has 0 saturated carbocycles. The molecule has 3 unspecified atom stereocenters. The first-order valence-corrected chi connectivity index (χ1v) is 8.91. The Morgan fingerprint density at radius 3 is 2.24 bits per heavy atom. The number of likely N-dealkylation sites (N-methyl/N-ethyl adjacent to an activating group) is 1. The third-order valence-corrected chi connectivity index (χ3v) is 5.40. The van der Waals surface area contributed by atoms with E-state index >= 15 is 0 Å². The number of nitrogens with one attached hydrogen (secondary N) is 1. The summed E-state index contributed by atoms with van der Waals surface area (Å²) in [6.45, 7) is 11.2. The van der Waals surface area contributed by atoms with Crippen LogP contribution >= 0.6 is 0 Å². The standard InChI is InChI=1S/C17H33N3O/c1-5-18-14-11-15-9-8-10-16(12-14)20(15)13(4)17(21)19(6-2)7-3/h13-16,18H,5-12H2,1-4H3. The second kappa shape index (κ2) is 7.59. The normalized spacial score (nSPS) is 31.0. The van der Waals surface area contributed by atoms with Crippen LogP contribution in [0.2, 0.25) is 0 Å². The molecule has 0 aliphatic carbocycles. The molecule has 3 atom stereocenters. The molecule has 2 fully saturated rings. The zero-order valence-electron chi connectivity index (χ0n) is 14.3. The highest BCUT2D eigenvalue weighted by atomic mass is 16.2. The molecule has 2 heterocycles. The van der Waals surface area contributed by atoms with Gasteiger partial charge in [-0.05, 0) is 53.0 Å². The van der Waals surface area contributed by atoms with Gasteiger partial charge in [0, 0.05) is 31.2 Å². The van der Waals surface area contributed by atoms with Gasteiger partial charge in [-0.3, -0.25) is 9.69 Å². The maximum Gasteiger partial charge on any atom is 0.239 e. The minimum atomic E-state index is 0.0442. The monoisotopic (exact) mass is 295 g/mol. The van der Waals surface area contributed by atoms with Crippen LogP contribution in [0.1, 0.15) is 59.8 Å². The van der Waals surface area contributed by atoms with Crippen molar-refractivity contribution < 1.29 is 4.79 Å². The van der Waals surface area contributed by atoms with Gasteiger partial charge in [0.2, 0.25) is 5.91 Å². The highest BCUT2D eigenvalue weighted by Crippen LogP contribution is 2.35. The lowest BCUT2D eigenvalue weighted by molar-refractivity contribution is -0.141. The van der Waals surface area contributed by atoms with Crippen LogP contribution in [0.3, 0.4) is 0 Å². The molecule has 2 rings (SSSR count). The lowest BCUT2D eigenvalue weighted by Gasteiger charge is -2.51. The number of amides is 1. The number of carbonyl (C=O) groups is 1. The average Bonchev–Trinajstić information content (AvgIpc) is 2.47. The Hall–Kier alpha value is -0.610. The van der Waals surface area contributed by atoms with E-state index in [-0.39, 0.29) is 6.04 Å². The topological polar surface area (TPSA) is 35.6 Å². The van der Waals surface area contributed by atoms with Crippen LogP contribution in [-0.4, -0.2) is 59.5 Å². The van der Waals surface area contributed by atoms with Crippen molar-refractivity contribution in [2.75, 3.05) is 19.6 Å². The summed E-state index contributed by atoms with van der Waals surface area (Å²) in [5, 5.41) is 3.62. The third kappa shape index (κ3) is 3.59. The quantitative estimate of drug-likeness (QED) is 0.816. The predicted octanol–water partition coefficient (Wildman–Crippen LogP) is 2.24. The molecule has 21 heavy (non-hydrogen) atoms. The first-order valence-electron chi connectivity index (χ1n) is 8.91. The Labute approximate surface area is 130 Å². The summed E-state index contributed by atoms with van der Waals surface area (Å²) in [7, 11) is 0. The van der Waals surface area contributed by atoms with Crippen LogP contribution in [0.25, 0.3) is 0 Å². The highest BCUT2D eigenvalue weighted by molar-refractivity contribution is 5.81. The van der Waals surface area contributed by atoms with E-state index in [2.05, 4.69) is 37.9 Å². The van der Waals surface area contributed by atoms with Crippen molar-refractivity contribution in [2.24, 2.45) is 0 Å². The van der Waals surface area contributed by atoms with Crippen LogP contribution in [0.15, 0.2) is 0 Å². The molecule has 0 spiro atoms. The molecular weight excluding hydrogens is 262 g/mol. The van der Waals surface area contributed by atoms with Crippen molar-refractivity contribution in [1.29, 1.82) is 0 Å². The molecule has 122 valence electrons. The van der Waals surface area contributed by atoms with E-state index in [4.69, 9.17) is 0 Å². The van der Waals surface area contributed by atoms with Gasteiger partial charge in [-0.25, -0.2) is 0 Å². The van der Waals surface area contributed by atoms with E-state index < -0.39 is 0 Å². The second-order valence-electron chi connectivity index (χ2n) is 6.60. The average molecular weight is 295 g/mol. The van der Waals surface area contributed by atoms with E-state index in [1.54, 1.807) is 0 Å². The van der Waals surface area contributed by atoms with Gasteiger partial charge in [0.05, 0.1) is 6.04 Å². The number of piperidine rings is 2. The molecule has 4 heteroatoms. The molecule has 2 bridgehead atoms. The zero-order chi connectivity index (χ0) is 15.4. The first kappa shape index (κ1) is 16.8. The molecule has 4 nitrogen and oxygen atoms in total. The van der Waals surface area contributed by atoms with Gasteiger partial charge in [0.25, 0.3) is 0 Å². The van der Waals surface area contributed by atoms with E-state index in [0.29, 0.717) is 24.0 Å². The van der Waals surface area contributed by atoms with Crippen molar-refractivity contribution in [3.8, 4) is 0 Å². The first-order chi connectivity index (χ1) is 10.1. The molecule has 0 aromatic carbocycles. The van der Waals surface area contributed by atoms with E-state index in [1.807, 2.05) is 4.90 Å². The smallest absolute Gasteiger partial charge is 0.239 e. The fraction of sp³-hybridized carbons (Fsp3) is 0.941. The van der Waals surface area contributed by atoms with Crippen molar-refractivity contribution in [2.45, 2.75) is 84.0 Å². The Kier molecular flexibility index (Phi) is 6.06. The summed E-state index contributed by atoms with van der Waals surface area (Å²) >= 11 is 0. The van der Waals surface area contributed by atoms with Gasteiger partial charge in [-0.2, -0.15) is 0 Å². The predicted molar refractivity (Wildman–Crippen MR) is 87.4 cm³/mol. The van der Waals surface area contributed by atoms with Crippen molar-refractivity contribution in [1.82, 2.24) is 15.1 Å². The lowest BCUT2D eigenvalue weighted by atomic mass is 9.80. The molecule has 1 N–H and O–H groups in total. The Morgan fingerprint density at radius 2 is 1.76 bits per heavy atom. The van der Waals surface area contributed by atoms with Gasteiger partial charge >= 0.3 is 0 Å². The van der Waals surface area contributed by atoms with Crippen LogP contribution in [0, 0.1) is 0 Å². The minimum absolute atomic E-state index is 0.0442. The van der Waals surface area contributed by atoms with Gasteiger partial charge in [0.15, 0.2) is 0 Å². The maximum absolute atomic E-state index is 12.7. The summed E-state index contributed by atoms with van der Waals surface area (Å²) in [5.74, 6) is 0.318. The third-order valence-electron chi connectivity index (χ3n) is 5.40.